The van der Waals surface area contributed by atoms with E-state index < -0.39 is 12.0 Å². The van der Waals surface area contributed by atoms with Crippen LogP contribution in [0.4, 0.5) is 0 Å². The van der Waals surface area contributed by atoms with Gasteiger partial charge in [-0.15, -0.1) is 0 Å². The summed E-state index contributed by atoms with van der Waals surface area (Å²) in [4.78, 5) is 32.8. The van der Waals surface area contributed by atoms with Crippen molar-refractivity contribution in [2.45, 2.75) is 39.7 Å². The van der Waals surface area contributed by atoms with Crippen molar-refractivity contribution in [3.63, 3.8) is 0 Å². The quantitative estimate of drug-likeness (QED) is 0.324. The van der Waals surface area contributed by atoms with Crippen molar-refractivity contribution in [1.29, 1.82) is 0 Å². The number of ether oxygens (including phenoxy) is 5. The molecule has 1 atom stereocenters. The van der Waals surface area contributed by atoms with E-state index in [-0.39, 0.29) is 12.2 Å². The lowest BCUT2D eigenvalue weighted by Crippen LogP contribution is -2.40. The molecular weight excluding hydrogens is 532 g/mol. The molecule has 0 spiro atoms. The number of thiazole rings is 1. The first-order valence-electron chi connectivity index (χ1n) is 13.1. The van der Waals surface area contributed by atoms with Crippen LogP contribution in [0.2, 0.25) is 0 Å². The first-order chi connectivity index (χ1) is 19.4. The molecule has 0 bridgehead atoms. The highest BCUT2D eigenvalue weighted by Crippen LogP contribution is 2.38. The molecule has 3 aromatic rings. The second kappa shape index (κ2) is 12.9. The molecule has 4 rings (SSSR count). The predicted molar refractivity (Wildman–Crippen MR) is 153 cm³/mol. The number of benzene rings is 2. The van der Waals surface area contributed by atoms with Gasteiger partial charge < -0.3 is 23.7 Å². The van der Waals surface area contributed by atoms with Crippen molar-refractivity contribution in [2.24, 2.45) is 4.99 Å². The first kappa shape index (κ1) is 28.9. The predicted octanol–water partition coefficient (Wildman–Crippen LogP) is 4.00. The zero-order valence-corrected chi connectivity index (χ0v) is 24.4. The first-order valence-corrected chi connectivity index (χ1v) is 14.0. The van der Waals surface area contributed by atoms with Crippen LogP contribution < -0.4 is 33.8 Å². The van der Waals surface area contributed by atoms with Gasteiger partial charge in [0.1, 0.15) is 17.5 Å². The van der Waals surface area contributed by atoms with Gasteiger partial charge in [0.15, 0.2) is 16.3 Å². The standard InChI is InChI=1S/C30H34N2O7S/c1-7-10-21-26(29(34)39-9-3)27(20-17-19(35-4)12-14-22(20)36-5)32-28(33)25(40-30(32)31-21)16-18-11-13-23(37-6)24(15-18)38-8-2/h11-17,27H,7-10H2,1-6H3/b25-16-/t27-/m0/s1. The Balaban J connectivity index is 2.01. The lowest BCUT2D eigenvalue weighted by atomic mass is 9.93. The summed E-state index contributed by atoms with van der Waals surface area (Å²) in [5.41, 5.74) is 1.99. The average Bonchev–Trinajstić information content (AvgIpc) is 3.26. The highest BCUT2D eigenvalue weighted by Gasteiger charge is 2.36. The monoisotopic (exact) mass is 566 g/mol. The van der Waals surface area contributed by atoms with Crippen molar-refractivity contribution in [1.82, 2.24) is 4.57 Å². The van der Waals surface area contributed by atoms with Gasteiger partial charge in [-0.3, -0.25) is 9.36 Å². The van der Waals surface area contributed by atoms with E-state index in [1.807, 2.05) is 26.0 Å². The normalized spacial score (nSPS) is 14.8. The molecule has 0 aliphatic carbocycles. The largest absolute Gasteiger partial charge is 0.497 e. The second-order valence-corrected chi connectivity index (χ2v) is 9.87. The van der Waals surface area contributed by atoms with E-state index in [0.717, 1.165) is 12.0 Å². The van der Waals surface area contributed by atoms with Crippen LogP contribution in [0, 0.1) is 0 Å². The maximum Gasteiger partial charge on any atom is 0.338 e. The molecule has 40 heavy (non-hydrogen) atoms. The minimum Gasteiger partial charge on any atom is -0.497 e. The number of carbonyl (C=O) groups is 1. The Kier molecular flexibility index (Phi) is 9.31. The van der Waals surface area contributed by atoms with Crippen molar-refractivity contribution >= 4 is 23.4 Å². The molecule has 1 aliphatic rings. The van der Waals surface area contributed by atoms with Crippen LogP contribution in [0.1, 0.15) is 50.8 Å². The van der Waals surface area contributed by atoms with E-state index in [4.69, 9.17) is 28.7 Å². The molecule has 0 N–H and O–H groups in total. The van der Waals surface area contributed by atoms with Crippen LogP contribution in [0.25, 0.3) is 6.08 Å². The molecule has 212 valence electrons. The summed E-state index contributed by atoms with van der Waals surface area (Å²) in [7, 11) is 4.69. The SMILES string of the molecule is CCCC1=C(C(=O)OCC)[C@H](c2cc(OC)ccc2OC)n2c(s/c(=C\c3ccc(OC)c(OCC)c3)c2=O)=N1. The Bertz CT molecular complexity index is 1600. The summed E-state index contributed by atoms with van der Waals surface area (Å²) in [6, 6.07) is 9.98. The maximum absolute atomic E-state index is 14.1. The van der Waals surface area contributed by atoms with Gasteiger partial charge in [0.25, 0.3) is 5.56 Å². The molecule has 0 amide bonds. The van der Waals surface area contributed by atoms with Gasteiger partial charge in [-0.2, -0.15) is 0 Å². The molecule has 1 aromatic heterocycles. The van der Waals surface area contributed by atoms with E-state index in [1.54, 1.807) is 63.2 Å². The number of rotatable bonds is 11. The molecule has 2 heterocycles. The lowest BCUT2D eigenvalue weighted by molar-refractivity contribution is -0.139. The Morgan fingerprint density at radius 1 is 0.975 bits per heavy atom. The zero-order chi connectivity index (χ0) is 28.8. The van der Waals surface area contributed by atoms with Gasteiger partial charge in [-0.25, -0.2) is 9.79 Å². The highest BCUT2D eigenvalue weighted by atomic mass is 32.1. The molecule has 1 aliphatic heterocycles. The third-order valence-corrected chi connectivity index (χ3v) is 7.39. The number of hydrogen-bond donors (Lipinski definition) is 0. The number of allylic oxidation sites excluding steroid dienone is 1. The molecule has 0 saturated heterocycles. The molecule has 0 saturated carbocycles. The van der Waals surface area contributed by atoms with Gasteiger partial charge in [0, 0.05) is 5.56 Å². The van der Waals surface area contributed by atoms with Gasteiger partial charge >= 0.3 is 5.97 Å². The van der Waals surface area contributed by atoms with Crippen LogP contribution >= 0.6 is 11.3 Å². The van der Waals surface area contributed by atoms with Crippen LogP contribution in [0.3, 0.4) is 0 Å². The molecule has 10 heteroatoms. The minimum absolute atomic E-state index is 0.188. The zero-order valence-electron chi connectivity index (χ0n) is 23.6. The Morgan fingerprint density at radius 2 is 1.73 bits per heavy atom. The van der Waals surface area contributed by atoms with Crippen LogP contribution in [0.15, 0.2) is 57.5 Å². The maximum atomic E-state index is 14.1. The fourth-order valence-electron chi connectivity index (χ4n) is 4.67. The van der Waals surface area contributed by atoms with E-state index in [1.165, 1.54) is 11.3 Å². The van der Waals surface area contributed by atoms with E-state index in [9.17, 15) is 9.59 Å². The van der Waals surface area contributed by atoms with E-state index in [2.05, 4.69) is 0 Å². The smallest absolute Gasteiger partial charge is 0.338 e. The van der Waals surface area contributed by atoms with Gasteiger partial charge in [0.05, 0.1) is 50.3 Å². The average molecular weight is 567 g/mol. The summed E-state index contributed by atoms with van der Waals surface area (Å²) in [5.74, 6) is 1.75. The van der Waals surface area contributed by atoms with Crippen molar-refractivity contribution < 1.29 is 28.5 Å². The fourth-order valence-corrected chi connectivity index (χ4v) is 5.69. The summed E-state index contributed by atoms with van der Waals surface area (Å²) >= 11 is 1.26. The van der Waals surface area contributed by atoms with Crippen molar-refractivity contribution in [2.75, 3.05) is 34.5 Å². The van der Waals surface area contributed by atoms with E-state index in [0.29, 0.717) is 62.2 Å². The molecular formula is C30H34N2O7S. The number of hydrogen-bond acceptors (Lipinski definition) is 9. The van der Waals surface area contributed by atoms with Crippen LogP contribution in [-0.2, 0) is 9.53 Å². The van der Waals surface area contributed by atoms with Crippen molar-refractivity contribution in [3.05, 3.63) is 78.5 Å². The number of esters is 1. The van der Waals surface area contributed by atoms with E-state index >= 15 is 0 Å². The number of fused-ring (bicyclic) bond motifs is 1. The van der Waals surface area contributed by atoms with Gasteiger partial charge in [-0.1, -0.05) is 30.7 Å². The Morgan fingerprint density at radius 3 is 2.38 bits per heavy atom. The number of aromatic nitrogens is 1. The summed E-state index contributed by atoms with van der Waals surface area (Å²) in [6.45, 7) is 6.32. The molecule has 0 fully saturated rings. The number of carbonyl (C=O) groups excluding carboxylic acids is 1. The minimum atomic E-state index is -0.820. The van der Waals surface area contributed by atoms with Gasteiger partial charge in [-0.05, 0) is 62.2 Å². The molecule has 0 radical (unpaired) electrons. The van der Waals surface area contributed by atoms with Gasteiger partial charge in [0.2, 0.25) is 0 Å². The molecule has 2 aromatic carbocycles. The summed E-state index contributed by atoms with van der Waals surface area (Å²) < 4.78 is 29.8. The number of nitrogens with zero attached hydrogens (tertiary/aromatic N) is 2. The van der Waals surface area contributed by atoms with Crippen molar-refractivity contribution in [3.8, 4) is 23.0 Å². The number of methoxy groups -OCH3 is 3. The topological polar surface area (TPSA) is 97.6 Å². The molecule has 9 nitrogen and oxygen atoms in total. The summed E-state index contributed by atoms with van der Waals surface area (Å²) in [5, 5.41) is 0. The lowest BCUT2D eigenvalue weighted by Gasteiger charge is -2.27. The third kappa shape index (κ3) is 5.62. The Labute approximate surface area is 236 Å². The molecule has 0 unspecified atom stereocenters. The second-order valence-electron chi connectivity index (χ2n) is 8.86. The Hall–Kier alpha value is -4.05. The van der Waals surface area contributed by atoms with Crippen LogP contribution in [-0.4, -0.2) is 45.1 Å². The fraction of sp³-hybridized carbons (Fsp3) is 0.367. The third-order valence-electron chi connectivity index (χ3n) is 6.41. The summed E-state index contributed by atoms with van der Waals surface area (Å²) in [6.07, 6.45) is 3.09. The van der Waals surface area contributed by atoms with Crippen LogP contribution in [0.5, 0.6) is 23.0 Å². The highest BCUT2D eigenvalue weighted by molar-refractivity contribution is 7.07.